The van der Waals surface area contributed by atoms with Gasteiger partial charge in [-0.25, -0.2) is 0 Å². The molecule has 0 spiro atoms. The van der Waals surface area contributed by atoms with Gasteiger partial charge >= 0.3 is 0 Å². The SMILES string of the molecule is Oc1c(CCCCc2ccccc2)ccc2c1ccc1ccccc12. The Morgan fingerprint density at radius 1 is 0.560 bits per heavy atom. The molecule has 1 N–H and O–H groups in total. The summed E-state index contributed by atoms with van der Waals surface area (Å²) < 4.78 is 0. The number of hydrogen-bond donors (Lipinski definition) is 1. The summed E-state index contributed by atoms with van der Waals surface area (Å²) in [7, 11) is 0. The van der Waals surface area contributed by atoms with E-state index in [0.717, 1.165) is 42.0 Å². The molecule has 0 atom stereocenters. The van der Waals surface area contributed by atoms with Crippen LogP contribution in [0.1, 0.15) is 24.0 Å². The summed E-state index contributed by atoms with van der Waals surface area (Å²) in [5.41, 5.74) is 2.44. The first-order chi connectivity index (χ1) is 12.3. The molecule has 0 radical (unpaired) electrons. The van der Waals surface area contributed by atoms with Gasteiger partial charge in [0, 0.05) is 5.39 Å². The number of benzene rings is 4. The van der Waals surface area contributed by atoms with E-state index in [0.29, 0.717) is 5.75 Å². The number of aryl methyl sites for hydroxylation is 2. The third-order valence-corrected chi connectivity index (χ3v) is 4.99. The fraction of sp³-hybridized carbons (Fsp3) is 0.167. The minimum Gasteiger partial charge on any atom is -0.507 e. The highest BCUT2D eigenvalue weighted by Gasteiger charge is 2.08. The number of rotatable bonds is 5. The van der Waals surface area contributed by atoms with Crippen molar-refractivity contribution < 1.29 is 5.11 Å². The van der Waals surface area contributed by atoms with Crippen LogP contribution in [-0.2, 0) is 12.8 Å². The van der Waals surface area contributed by atoms with E-state index in [1.807, 2.05) is 6.07 Å². The van der Waals surface area contributed by atoms with Crippen LogP contribution in [0.4, 0.5) is 0 Å². The van der Waals surface area contributed by atoms with E-state index in [1.54, 1.807) is 0 Å². The van der Waals surface area contributed by atoms with E-state index in [2.05, 4.69) is 72.8 Å². The number of hydrogen-bond acceptors (Lipinski definition) is 1. The van der Waals surface area contributed by atoms with Gasteiger partial charge in [-0.15, -0.1) is 0 Å². The average molecular weight is 326 g/mol. The third-order valence-electron chi connectivity index (χ3n) is 4.99. The van der Waals surface area contributed by atoms with E-state index in [4.69, 9.17) is 0 Å². The van der Waals surface area contributed by atoms with Crippen molar-refractivity contribution in [3.63, 3.8) is 0 Å². The Balaban J connectivity index is 1.52. The Morgan fingerprint density at radius 2 is 1.28 bits per heavy atom. The smallest absolute Gasteiger partial charge is 0.126 e. The van der Waals surface area contributed by atoms with Gasteiger partial charge in [-0.2, -0.15) is 0 Å². The number of phenols is 1. The fourth-order valence-corrected chi connectivity index (χ4v) is 3.61. The van der Waals surface area contributed by atoms with E-state index in [9.17, 15) is 5.11 Å². The monoisotopic (exact) mass is 326 g/mol. The Labute approximate surface area is 148 Å². The maximum absolute atomic E-state index is 10.7. The van der Waals surface area contributed by atoms with Gasteiger partial charge in [0.25, 0.3) is 0 Å². The summed E-state index contributed by atoms with van der Waals surface area (Å²) in [6, 6.07) is 27.3. The molecule has 4 aromatic carbocycles. The van der Waals surface area contributed by atoms with Gasteiger partial charge < -0.3 is 5.11 Å². The molecule has 124 valence electrons. The Hall–Kier alpha value is -2.80. The molecule has 0 bridgehead atoms. The molecular formula is C24H22O. The largest absolute Gasteiger partial charge is 0.507 e. The highest BCUT2D eigenvalue weighted by atomic mass is 16.3. The Kier molecular flexibility index (Phi) is 4.39. The molecule has 0 aliphatic rings. The molecule has 0 heterocycles. The molecule has 25 heavy (non-hydrogen) atoms. The van der Waals surface area contributed by atoms with Crippen molar-refractivity contribution in [2.75, 3.05) is 0 Å². The van der Waals surface area contributed by atoms with Crippen LogP contribution < -0.4 is 0 Å². The summed E-state index contributed by atoms with van der Waals surface area (Å²) in [6.07, 6.45) is 4.24. The minimum atomic E-state index is 0.447. The van der Waals surface area contributed by atoms with E-state index in [1.165, 1.54) is 16.3 Å². The van der Waals surface area contributed by atoms with Gasteiger partial charge in [0.05, 0.1) is 0 Å². The molecule has 4 aromatic rings. The molecular weight excluding hydrogens is 304 g/mol. The van der Waals surface area contributed by atoms with Crippen LogP contribution in [0.5, 0.6) is 5.75 Å². The number of aromatic hydroxyl groups is 1. The summed E-state index contributed by atoms with van der Waals surface area (Å²) in [4.78, 5) is 0. The summed E-state index contributed by atoms with van der Waals surface area (Å²) >= 11 is 0. The second-order valence-corrected chi connectivity index (χ2v) is 6.65. The van der Waals surface area contributed by atoms with Crippen LogP contribution in [0.15, 0.2) is 78.9 Å². The molecule has 1 nitrogen and oxygen atoms in total. The average Bonchev–Trinajstić information content (AvgIpc) is 2.67. The molecule has 0 saturated heterocycles. The fourth-order valence-electron chi connectivity index (χ4n) is 3.61. The number of phenolic OH excluding ortho intramolecular Hbond substituents is 1. The van der Waals surface area contributed by atoms with Crippen molar-refractivity contribution in [2.45, 2.75) is 25.7 Å². The molecule has 0 saturated carbocycles. The second-order valence-electron chi connectivity index (χ2n) is 6.65. The van der Waals surface area contributed by atoms with Crippen LogP contribution in [-0.4, -0.2) is 5.11 Å². The predicted octanol–water partition coefficient (Wildman–Crippen LogP) is 6.26. The molecule has 1 heteroatoms. The molecule has 0 amide bonds. The van der Waals surface area contributed by atoms with Gasteiger partial charge in [-0.05, 0) is 53.0 Å². The van der Waals surface area contributed by atoms with Crippen molar-refractivity contribution in [1.29, 1.82) is 0 Å². The number of unbranched alkanes of at least 4 members (excludes halogenated alkanes) is 1. The standard InChI is InChI=1S/C24H22O/c25-24-20(12-5-4-10-18-8-2-1-3-9-18)15-16-22-21-13-7-6-11-19(21)14-17-23(22)24/h1-3,6-9,11,13-17,25H,4-5,10,12H2. The van der Waals surface area contributed by atoms with E-state index in [-0.39, 0.29) is 0 Å². The highest BCUT2D eigenvalue weighted by Crippen LogP contribution is 2.34. The lowest BCUT2D eigenvalue weighted by molar-refractivity contribution is 0.473. The molecule has 0 aliphatic carbocycles. The maximum atomic E-state index is 10.7. The summed E-state index contributed by atoms with van der Waals surface area (Å²) in [6.45, 7) is 0. The van der Waals surface area contributed by atoms with Gasteiger partial charge in [0.2, 0.25) is 0 Å². The lowest BCUT2D eigenvalue weighted by atomic mass is 9.96. The van der Waals surface area contributed by atoms with E-state index < -0.39 is 0 Å². The Bertz CT molecular complexity index is 1000. The molecule has 0 unspecified atom stereocenters. The van der Waals surface area contributed by atoms with Crippen molar-refractivity contribution in [2.24, 2.45) is 0 Å². The zero-order valence-electron chi connectivity index (χ0n) is 14.3. The van der Waals surface area contributed by atoms with Gasteiger partial charge in [0.1, 0.15) is 5.75 Å². The zero-order valence-corrected chi connectivity index (χ0v) is 14.3. The predicted molar refractivity (Wildman–Crippen MR) is 106 cm³/mol. The summed E-state index contributed by atoms with van der Waals surface area (Å²) in [5.74, 6) is 0.447. The zero-order chi connectivity index (χ0) is 17.1. The second kappa shape index (κ2) is 6.98. The first kappa shape index (κ1) is 15.7. The Morgan fingerprint density at radius 3 is 2.16 bits per heavy atom. The van der Waals surface area contributed by atoms with Crippen LogP contribution in [0, 0.1) is 0 Å². The van der Waals surface area contributed by atoms with Crippen LogP contribution in [0.25, 0.3) is 21.5 Å². The first-order valence-electron chi connectivity index (χ1n) is 8.99. The maximum Gasteiger partial charge on any atom is 0.126 e. The van der Waals surface area contributed by atoms with E-state index >= 15 is 0 Å². The van der Waals surface area contributed by atoms with Crippen LogP contribution in [0.2, 0.25) is 0 Å². The van der Waals surface area contributed by atoms with Crippen LogP contribution >= 0.6 is 0 Å². The van der Waals surface area contributed by atoms with Crippen molar-refractivity contribution in [3.8, 4) is 5.75 Å². The molecule has 4 rings (SSSR count). The molecule has 0 aliphatic heterocycles. The highest BCUT2D eigenvalue weighted by molar-refractivity contribution is 6.09. The van der Waals surface area contributed by atoms with Crippen molar-refractivity contribution in [3.05, 3.63) is 90.0 Å². The normalized spacial score (nSPS) is 11.2. The van der Waals surface area contributed by atoms with Crippen molar-refractivity contribution in [1.82, 2.24) is 0 Å². The quantitative estimate of drug-likeness (QED) is 0.339. The number of fused-ring (bicyclic) bond motifs is 3. The first-order valence-corrected chi connectivity index (χ1v) is 8.99. The van der Waals surface area contributed by atoms with Crippen LogP contribution in [0.3, 0.4) is 0 Å². The lowest BCUT2D eigenvalue weighted by Gasteiger charge is -2.10. The lowest BCUT2D eigenvalue weighted by Crippen LogP contribution is -1.91. The van der Waals surface area contributed by atoms with Gasteiger partial charge in [0.15, 0.2) is 0 Å². The topological polar surface area (TPSA) is 20.2 Å². The minimum absolute atomic E-state index is 0.447. The molecule has 0 aromatic heterocycles. The summed E-state index contributed by atoms with van der Waals surface area (Å²) in [5, 5.41) is 15.2. The van der Waals surface area contributed by atoms with Crippen molar-refractivity contribution >= 4 is 21.5 Å². The van der Waals surface area contributed by atoms with Gasteiger partial charge in [-0.1, -0.05) is 78.9 Å². The third kappa shape index (κ3) is 3.23. The van der Waals surface area contributed by atoms with Gasteiger partial charge in [-0.3, -0.25) is 0 Å². The molecule has 0 fully saturated rings.